The summed E-state index contributed by atoms with van der Waals surface area (Å²) in [4.78, 5) is 14.6. The lowest BCUT2D eigenvalue weighted by Gasteiger charge is -2.12. The molecule has 0 amide bonds. The van der Waals surface area contributed by atoms with Gasteiger partial charge in [-0.15, -0.1) is 5.10 Å². The molecule has 26 heavy (non-hydrogen) atoms. The number of allylic oxidation sites excluding steroid dienone is 1. The average Bonchev–Trinajstić information content (AvgIpc) is 3.09. The van der Waals surface area contributed by atoms with Crippen molar-refractivity contribution in [1.82, 2.24) is 25.1 Å². The lowest BCUT2D eigenvalue weighted by Crippen LogP contribution is -2.14. The SMILES string of the molecule is CN(C)/C=C(/C(=O)c1ccc(F)cc1F)c1nnnn1-c1ccccc1. The molecule has 0 fully saturated rings. The molecule has 0 N–H and O–H groups in total. The second-order valence-corrected chi connectivity index (χ2v) is 5.71. The number of tetrazole rings is 1. The van der Waals surface area contributed by atoms with Crippen molar-refractivity contribution in [1.29, 1.82) is 0 Å². The fraction of sp³-hybridized carbons (Fsp3) is 0.111. The highest BCUT2D eigenvalue weighted by atomic mass is 19.1. The van der Waals surface area contributed by atoms with Crippen LogP contribution >= 0.6 is 0 Å². The van der Waals surface area contributed by atoms with Gasteiger partial charge in [0.05, 0.1) is 16.8 Å². The molecule has 1 aromatic heterocycles. The van der Waals surface area contributed by atoms with E-state index in [-0.39, 0.29) is 17.0 Å². The summed E-state index contributed by atoms with van der Waals surface area (Å²) in [5.41, 5.74) is 0.459. The molecule has 0 saturated carbocycles. The quantitative estimate of drug-likeness (QED) is 0.520. The third kappa shape index (κ3) is 3.49. The molecule has 0 spiro atoms. The van der Waals surface area contributed by atoms with Crippen LogP contribution in [0.4, 0.5) is 8.78 Å². The standard InChI is InChI=1S/C18H15F2N5O/c1-24(2)11-15(17(26)14-9-8-12(19)10-16(14)20)18-21-22-23-25(18)13-6-4-3-5-7-13/h3-11H,1-2H3/b15-11-. The maximum atomic E-state index is 14.1. The summed E-state index contributed by atoms with van der Waals surface area (Å²) in [5, 5.41) is 11.5. The van der Waals surface area contributed by atoms with Crippen molar-refractivity contribution in [2.24, 2.45) is 0 Å². The average molecular weight is 355 g/mol. The second-order valence-electron chi connectivity index (χ2n) is 5.71. The molecule has 132 valence electrons. The summed E-state index contributed by atoms with van der Waals surface area (Å²) in [5.74, 6) is -2.20. The Morgan fingerprint density at radius 2 is 1.85 bits per heavy atom. The summed E-state index contributed by atoms with van der Waals surface area (Å²) >= 11 is 0. The molecule has 0 aliphatic rings. The molecule has 3 aromatic rings. The van der Waals surface area contributed by atoms with Gasteiger partial charge in [0.15, 0.2) is 5.82 Å². The van der Waals surface area contributed by atoms with Gasteiger partial charge in [0.25, 0.3) is 0 Å². The highest BCUT2D eigenvalue weighted by Gasteiger charge is 2.24. The smallest absolute Gasteiger partial charge is 0.201 e. The number of carbonyl (C=O) groups excluding carboxylic acids is 1. The van der Waals surface area contributed by atoms with Crippen LogP contribution in [0.1, 0.15) is 16.2 Å². The Morgan fingerprint density at radius 1 is 1.12 bits per heavy atom. The van der Waals surface area contributed by atoms with E-state index in [0.29, 0.717) is 11.8 Å². The fourth-order valence-corrected chi connectivity index (χ4v) is 2.39. The van der Waals surface area contributed by atoms with Crippen LogP contribution in [0.3, 0.4) is 0 Å². The number of Topliss-reactive ketones (excluding diaryl/α,β-unsaturated/α-hetero) is 1. The van der Waals surface area contributed by atoms with Gasteiger partial charge < -0.3 is 4.90 Å². The highest BCUT2D eigenvalue weighted by molar-refractivity contribution is 6.28. The minimum atomic E-state index is -0.946. The Bertz CT molecular complexity index is 967. The molecule has 0 unspecified atom stereocenters. The van der Waals surface area contributed by atoms with E-state index in [9.17, 15) is 13.6 Å². The van der Waals surface area contributed by atoms with Crippen LogP contribution < -0.4 is 0 Å². The summed E-state index contributed by atoms with van der Waals surface area (Å²) < 4.78 is 28.7. The van der Waals surface area contributed by atoms with Gasteiger partial charge in [-0.1, -0.05) is 18.2 Å². The topological polar surface area (TPSA) is 63.9 Å². The molecule has 6 nitrogen and oxygen atoms in total. The molecular formula is C18H15F2N5O. The van der Waals surface area contributed by atoms with Crippen molar-refractivity contribution >= 4 is 11.4 Å². The molecule has 0 radical (unpaired) electrons. The molecule has 0 bridgehead atoms. The number of para-hydroxylation sites is 1. The first-order valence-electron chi connectivity index (χ1n) is 7.69. The van der Waals surface area contributed by atoms with Crippen LogP contribution in [-0.2, 0) is 0 Å². The molecule has 0 aliphatic carbocycles. The lowest BCUT2D eigenvalue weighted by atomic mass is 10.0. The maximum absolute atomic E-state index is 14.1. The van der Waals surface area contributed by atoms with Gasteiger partial charge in [0, 0.05) is 26.4 Å². The van der Waals surface area contributed by atoms with Crippen molar-refractivity contribution in [3.63, 3.8) is 0 Å². The second kappa shape index (κ2) is 7.22. The molecule has 8 heteroatoms. The zero-order valence-corrected chi connectivity index (χ0v) is 14.1. The third-order valence-corrected chi connectivity index (χ3v) is 3.52. The van der Waals surface area contributed by atoms with Gasteiger partial charge in [-0.3, -0.25) is 4.79 Å². The van der Waals surface area contributed by atoms with E-state index in [1.165, 1.54) is 10.9 Å². The van der Waals surface area contributed by atoms with E-state index in [0.717, 1.165) is 12.1 Å². The number of nitrogens with zero attached hydrogens (tertiary/aromatic N) is 5. The van der Waals surface area contributed by atoms with Crippen LogP contribution in [0.5, 0.6) is 0 Å². The van der Waals surface area contributed by atoms with E-state index in [1.807, 2.05) is 6.07 Å². The van der Waals surface area contributed by atoms with Crippen molar-refractivity contribution in [2.45, 2.75) is 0 Å². The predicted octanol–water partition coefficient (Wildman–Crippen LogP) is 2.73. The van der Waals surface area contributed by atoms with E-state index in [1.54, 1.807) is 43.3 Å². The highest BCUT2D eigenvalue weighted by Crippen LogP contribution is 2.22. The Morgan fingerprint density at radius 3 is 2.50 bits per heavy atom. The van der Waals surface area contributed by atoms with Gasteiger partial charge in [0.2, 0.25) is 5.78 Å². The van der Waals surface area contributed by atoms with E-state index in [4.69, 9.17) is 0 Å². The molecule has 1 heterocycles. The van der Waals surface area contributed by atoms with Gasteiger partial charge >= 0.3 is 0 Å². The number of rotatable bonds is 5. The Balaban J connectivity index is 2.12. The minimum absolute atomic E-state index is 0.0781. The molecule has 0 atom stereocenters. The number of benzene rings is 2. The monoisotopic (exact) mass is 355 g/mol. The molecular weight excluding hydrogens is 340 g/mol. The Hall–Kier alpha value is -3.42. The first-order chi connectivity index (χ1) is 12.5. The van der Waals surface area contributed by atoms with E-state index in [2.05, 4.69) is 15.5 Å². The van der Waals surface area contributed by atoms with Crippen molar-refractivity contribution in [3.05, 3.63) is 77.8 Å². The van der Waals surface area contributed by atoms with Gasteiger partial charge in [0.1, 0.15) is 11.6 Å². The third-order valence-electron chi connectivity index (χ3n) is 3.52. The van der Waals surface area contributed by atoms with Crippen molar-refractivity contribution in [3.8, 4) is 5.69 Å². The number of hydrogen-bond acceptors (Lipinski definition) is 5. The normalized spacial score (nSPS) is 11.5. The Labute approximate surface area is 148 Å². The van der Waals surface area contributed by atoms with Crippen molar-refractivity contribution in [2.75, 3.05) is 14.1 Å². The number of hydrogen-bond donors (Lipinski definition) is 0. The first-order valence-corrected chi connectivity index (χ1v) is 7.69. The van der Waals surface area contributed by atoms with Crippen LogP contribution in [0.25, 0.3) is 11.3 Å². The molecule has 2 aromatic carbocycles. The first kappa shape index (κ1) is 17.4. The zero-order valence-electron chi connectivity index (χ0n) is 14.1. The fourth-order valence-electron chi connectivity index (χ4n) is 2.39. The van der Waals surface area contributed by atoms with Gasteiger partial charge in [-0.05, 0) is 34.7 Å². The maximum Gasteiger partial charge on any atom is 0.201 e. The van der Waals surface area contributed by atoms with Crippen LogP contribution in [0.2, 0.25) is 0 Å². The van der Waals surface area contributed by atoms with Crippen molar-refractivity contribution < 1.29 is 13.6 Å². The zero-order chi connectivity index (χ0) is 18.7. The predicted molar refractivity (Wildman–Crippen MR) is 91.5 cm³/mol. The minimum Gasteiger partial charge on any atom is -0.383 e. The summed E-state index contributed by atoms with van der Waals surface area (Å²) in [6.45, 7) is 0. The summed E-state index contributed by atoms with van der Waals surface area (Å²) in [6.07, 6.45) is 1.50. The van der Waals surface area contributed by atoms with E-state index < -0.39 is 17.4 Å². The Kier molecular flexibility index (Phi) is 4.83. The number of carbonyl (C=O) groups is 1. The van der Waals surface area contributed by atoms with Crippen LogP contribution in [0, 0.1) is 11.6 Å². The van der Waals surface area contributed by atoms with E-state index >= 15 is 0 Å². The molecule has 0 aliphatic heterocycles. The number of aromatic nitrogens is 4. The largest absolute Gasteiger partial charge is 0.383 e. The molecule has 3 rings (SSSR count). The number of ketones is 1. The van der Waals surface area contributed by atoms with Crippen LogP contribution in [0.15, 0.2) is 54.7 Å². The lowest BCUT2D eigenvalue weighted by molar-refractivity contribution is 0.105. The summed E-state index contributed by atoms with van der Waals surface area (Å²) in [7, 11) is 3.43. The van der Waals surface area contributed by atoms with Gasteiger partial charge in [-0.25, -0.2) is 8.78 Å². The summed E-state index contributed by atoms with van der Waals surface area (Å²) in [6, 6.07) is 11.8. The number of halogens is 2. The molecule has 0 saturated heterocycles. The van der Waals surface area contributed by atoms with Gasteiger partial charge in [-0.2, -0.15) is 4.68 Å². The van der Waals surface area contributed by atoms with Crippen LogP contribution in [-0.4, -0.2) is 45.0 Å².